The van der Waals surface area contributed by atoms with Crippen molar-refractivity contribution in [2.45, 2.75) is 13.5 Å². The van der Waals surface area contributed by atoms with E-state index in [9.17, 15) is 9.18 Å². The Morgan fingerprint density at radius 1 is 1.03 bits per heavy atom. The van der Waals surface area contributed by atoms with Crippen molar-refractivity contribution in [3.63, 3.8) is 0 Å². The van der Waals surface area contributed by atoms with Crippen molar-refractivity contribution in [1.29, 1.82) is 0 Å². The van der Waals surface area contributed by atoms with Crippen LogP contribution in [0.1, 0.15) is 21.7 Å². The van der Waals surface area contributed by atoms with Crippen LogP contribution in [0, 0.1) is 12.7 Å². The number of hydrogen-bond acceptors (Lipinski definition) is 6. The molecular weight excluding hydrogens is 457 g/mol. The number of carbonyl (C=O) groups excluding carboxylic acids is 1. The van der Waals surface area contributed by atoms with Gasteiger partial charge in [-0.1, -0.05) is 29.8 Å². The number of ether oxygens (including phenoxy) is 1. The maximum Gasteiger partial charge on any atom is 0.274 e. The lowest BCUT2D eigenvalue weighted by atomic mass is 10.0. The second-order valence-corrected chi connectivity index (χ2v) is 7.86. The van der Waals surface area contributed by atoms with Crippen LogP contribution in [0.3, 0.4) is 0 Å². The Kier molecular flexibility index (Phi) is 6.70. The molecule has 0 aliphatic heterocycles. The number of pyridine rings is 1. The Morgan fingerprint density at radius 2 is 1.74 bits per heavy atom. The number of benzene rings is 2. The third-order valence-electron chi connectivity index (χ3n) is 5.08. The van der Waals surface area contributed by atoms with Crippen LogP contribution in [0.25, 0.3) is 22.5 Å². The van der Waals surface area contributed by atoms with E-state index in [1.165, 1.54) is 12.1 Å². The van der Waals surface area contributed by atoms with E-state index >= 15 is 0 Å². The number of aromatic nitrogens is 3. The molecule has 0 aliphatic rings. The van der Waals surface area contributed by atoms with Gasteiger partial charge in [-0.3, -0.25) is 4.79 Å². The second kappa shape index (κ2) is 9.84. The molecule has 3 N–H and O–H groups in total. The summed E-state index contributed by atoms with van der Waals surface area (Å²) >= 11 is 6.17. The van der Waals surface area contributed by atoms with Gasteiger partial charge in [0.2, 0.25) is 0 Å². The fourth-order valence-corrected chi connectivity index (χ4v) is 3.75. The van der Waals surface area contributed by atoms with E-state index in [-0.39, 0.29) is 29.0 Å². The lowest BCUT2D eigenvalue weighted by Crippen LogP contribution is -2.26. The second-order valence-electron chi connectivity index (χ2n) is 7.48. The molecule has 172 valence electrons. The normalized spacial score (nSPS) is 10.7. The van der Waals surface area contributed by atoms with Crippen molar-refractivity contribution in [3.05, 3.63) is 88.6 Å². The highest BCUT2D eigenvalue weighted by atomic mass is 35.5. The number of halogens is 2. The minimum Gasteiger partial charge on any atom is -0.496 e. The number of hydrogen-bond donors (Lipinski definition) is 2. The Bertz CT molecular complexity index is 1340. The Hall–Kier alpha value is -4.04. The van der Waals surface area contributed by atoms with Gasteiger partial charge in [0.25, 0.3) is 5.91 Å². The third kappa shape index (κ3) is 4.97. The molecule has 0 fully saturated rings. The van der Waals surface area contributed by atoms with Crippen LogP contribution >= 0.6 is 11.6 Å². The molecule has 1 amide bonds. The number of nitrogens with two attached hydrogens (primary N) is 1. The average Bonchev–Trinajstić information content (AvgIpc) is 2.82. The molecule has 0 spiro atoms. The summed E-state index contributed by atoms with van der Waals surface area (Å²) in [5, 5.41) is 3.07. The molecule has 9 heteroatoms. The lowest BCUT2D eigenvalue weighted by molar-refractivity contribution is 0.0946. The van der Waals surface area contributed by atoms with Crippen molar-refractivity contribution in [2.75, 3.05) is 12.8 Å². The van der Waals surface area contributed by atoms with Gasteiger partial charge in [-0.25, -0.2) is 19.3 Å². The number of aryl methyl sites for hydroxylation is 1. The summed E-state index contributed by atoms with van der Waals surface area (Å²) in [5.41, 5.74) is 9.51. The van der Waals surface area contributed by atoms with E-state index in [0.29, 0.717) is 34.0 Å². The summed E-state index contributed by atoms with van der Waals surface area (Å²) < 4.78 is 18.8. The molecule has 0 bridgehead atoms. The van der Waals surface area contributed by atoms with Gasteiger partial charge in [-0.2, -0.15) is 0 Å². The van der Waals surface area contributed by atoms with Crippen LogP contribution in [-0.4, -0.2) is 28.0 Å². The van der Waals surface area contributed by atoms with Crippen molar-refractivity contribution in [3.8, 4) is 28.3 Å². The van der Waals surface area contributed by atoms with Gasteiger partial charge >= 0.3 is 0 Å². The van der Waals surface area contributed by atoms with Crippen molar-refractivity contribution in [2.24, 2.45) is 0 Å². The predicted octanol–water partition coefficient (Wildman–Crippen LogP) is 4.83. The summed E-state index contributed by atoms with van der Waals surface area (Å²) in [4.78, 5) is 26.2. The molecule has 0 unspecified atom stereocenters. The van der Waals surface area contributed by atoms with Gasteiger partial charge in [0, 0.05) is 28.9 Å². The standard InChI is InChI=1S/C25H21ClFN5O2/c1-14-11-17(12-20(26)30-14)22-21(15-7-9-18(27)10-8-15)32-24(28)23(31-22)25(33)29-13-16-5-3-4-6-19(16)34-2/h3-12H,13H2,1-2H3,(H2,28,32)(H,29,33). The van der Waals surface area contributed by atoms with Gasteiger partial charge in [-0.05, 0) is 49.4 Å². The fourth-order valence-electron chi connectivity index (χ4n) is 3.50. The van der Waals surface area contributed by atoms with Gasteiger partial charge in [0.05, 0.1) is 18.5 Å². The number of nitrogen functional groups attached to an aromatic ring is 1. The molecule has 34 heavy (non-hydrogen) atoms. The highest BCUT2D eigenvalue weighted by molar-refractivity contribution is 6.29. The maximum atomic E-state index is 13.5. The summed E-state index contributed by atoms with van der Waals surface area (Å²) in [6, 6.07) is 16.5. The molecule has 0 aliphatic carbocycles. The SMILES string of the molecule is COc1ccccc1CNC(=O)c1nc(-c2cc(C)nc(Cl)c2)c(-c2ccc(F)cc2)nc1N. The highest BCUT2D eigenvalue weighted by Gasteiger charge is 2.21. The summed E-state index contributed by atoms with van der Waals surface area (Å²) in [5.74, 6) is -0.297. The zero-order chi connectivity index (χ0) is 24.2. The van der Waals surface area contributed by atoms with Gasteiger partial charge in [0.1, 0.15) is 16.7 Å². The van der Waals surface area contributed by atoms with E-state index in [1.54, 1.807) is 44.4 Å². The van der Waals surface area contributed by atoms with Gasteiger partial charge in [-0.15, -0.1) is 0 Å². The fraction of sp³-hybridized carbons (Fsp3) is 0.120. The van der Waals surface area contributed by atoms with Crippen LogP contribution in [-0.2, 0) is 6.54 Å². The first-order chi connectivity index (χ1) is 16.4. The van der Waals surface area contributed by atoms with Crippen molar-refractivity contribution in [1.82, 2.24) is 20.3 Å². The summed E-state index contributed by atoms with van der Waals surface area (Å²) in [6.45, 7) is 2.00. The molecule has 0 radical (unpaired) electrons. The number of amides is 1. The van der Waals surface area contributed by atoms with Crippen LogP contribution in [0.5, 0.6) is 5.75 Å². The Labute approximate surface area is 200 Å². The van der Waals surface area contributed by atoms with Gasteiger partial charge < -0.3 is 15.8 Å². The number of carbonyl (C=O) groups is 1. The molecule has 0 atom stereocenters. The lowest BCUT2D eigenvalue weighted by Gasteiger charge is -2.14. The molecular formula is C25H21ClFN5O2. The number of methoxy groups -OCH3 is 1. The molecule has 0 saturated carbocycles. The number of anilines is 1. The monoisotopic (exact) mass is 477 g/mol. The molecule has 7 nitrogen and oxygen atoms in total. The van der Waals surface area contributed by atoms with Crippen LogP contribution in [0.4, 0.5) is 10.2 Å². The predicted molar refractivity (Wildman–Crippen MR) is 129 cm³/mol. The van der Waals surface area contributed by atoms with E-state index in [2.05, 4.69) is 20.3 Å². The highest BCUT2D eigenvalue weighted by Crippen LogP contribution is 2.32. The van der Waals surface area contributed by atoms with Gasteiger partial charge in [0.15, 0.2) is 11.5 Å². The molecule has 2 aromatic carbocycles. The first kappa shape index (κ1) is 23.1. The Morgan fingerprint density at radius 3 is 2.44 bits per heavy atom. The van der Waals surface area contributed by atoms with Crippen LogP contribution in [0.15, 0.2) is 60.7 Å². The smallest absolute Gasteiger partial charge is 0.274 e. The van der Waals surface area contributed by atoms with E-state index in [4.69, 9.17) is 22.1 Å². The molecule has 0 saturated heterocycles. The largest absolute Gasteiger partial charge is 0.496 e. The van der Waals surface area contributed by atoms with Crippen molar-refractivity contribution >= 4 is 23.3 Å². The average molecular weight is 478 g/mol. The third-order valence-corrected chi connectivity index (χ3v) is 5.28. The molecule has 4 rings (SSSR count). The minimum absolute atomic E-state index is 0.0404. The first-order valence-corrected chi connectivity index (χ1v) is 10.7. The van der Waals surface area contributed by atoms with E-state index < -0.39 is 5.91 Å². The summed E-state index contributed by atoms with van der Waals surface area (Å²) in [6.07, 6.45) is 0. The molecule has 2 aromatic heterocycles. The number of rotatable bonds is 6. The Balaban J connectivity index is 1.76. The van der Waals surface area contributed by atoms with E-state index in [1.807, 2.05) is 18.2 Å². The zero-order valence-electron chi connectivity index (χ0n) is 18.5. The van der Waals surface area contributed by atoms with Crippen LogP contribution in [0.2, 0.25) is 5.15 Å². The molecule has 4 aromatic rings. The van der Waals surface area contributed by atoms with E-state index in [0.717, 1.165) is 5.56 Å². The number of nitrogens with zero attached hydrogens (tertiary/aromatic N) is 3. The number of para-hydroxylation sites is 1. The topological polar surface area (TPSA) is 103 Å². The first-order valence-electron chi connectivity index (χ1n) is 10.3. The summed E-state index contributed by atoms with van der Waals surface area (Å²) in [7, 11) is 1.56. The minimum atomic E-state index is -0.500. The quantitative estimate of drug-likeness (QED) is 0.386. The van der Waals surface area contributed by atoms with Crippen molar-refractivity contribution < 1.29 is 13.9 Å². The number of nitrogens with one attached hydrogen (secondary N) is 1. The zero-order valence-corrected chi connectivity index (χ0v) is 19.2. The maximum absolute atomic E-state index is 13.5. The van der Waals surface area contributed by atoms with Crippen LogP contribution < -0.4 is 15.8 Å². The molecule has 2 heterocycles.